The van der Waals surface area contributed by atoms with Gasteiger partial charge in [0.25, 0.3) is 0 Å². The summed E-state index contributed by atoms with van der Waals surface area (Å²) in [5.74, 6) is 0.589. The molecule has 0 fully saturated rings. The number of rotatable bonds is 6. The van der Waals surface area contributed by atoms with Gasteiger partial charge in [-0.25, -0.2) is 0 Å². The largest absolute Gasteiger partial charge is 0.392 e. The van der Waals surface area contributed by atoms with Gasteiger partial charge in [-0.1, -0.05) is 38.3 Å². The Labute approximate surface area is 81.3 Å². The van der Waals surface area contributed by atoms with Gasteiger partial charge in [-0.3, -0.25) is 0 Å². The fourth-order valence-electron chi connectivity index (χ4n) is 1.74. The molecule has 0 saturated carbocycles. The maximum atomic E-state index is 5.33. The average Bonchev–Trinajstić information content (AvgIpc) is 2.59. The molecule has 0 aromatic heterocycles. The van der Waals surface area contributed by atoms with E-state index in [0.717, 1.165) is 0 Å². The van der Waals surface area contributed by atoms with E-state index in [0.29, 0.717) is 12.0 Å². The standard InChI is InChI=1S/C11H21NO/c1-3-5-7-10-9-12-13-11(10)8-6-4-2/h9-11H,3-8H2,1-2H3/t10-,11+/m0/s1. The van der Waals surface area contributed by atoms with Crippen molar-refractivity contribution in [2.24, 2.45) is 11.1 Å². The van der Waals surface area contributed by atoms with Crippen molar-refractivity contribution in [1.82, 2.24) is 0 Å². The maximum absolute atomic E-state index is 5.33. The van der Waals surface area contributed by atoms with E-state index in [1.807, 2.05) is 6.21 Å². The highest BCUT2D eigenvalue weighted by Crippen LogP contribution is 2.23. The van der Waals surface area contributed by atoms with Crippen LogP contribution in [0.15, 0.2) is 5.16 Å². The Morgan fingerprint density at radius 3 is 2.54 bits per heavy atom. The zero-order chi connectivity index (χ0) is 9.52. The fraction of sp³-hybridized carbons (Fsp3) is 0.909. The summed E-state index contributed by atoms with van der Waals surface area (Å²) in [5, 5.41) is 3.93. The van der Waals surface area contributed by atoms with Gasteiger partial charge in [-0.2, -0.15) is 0 Å². The van der Waals surface area contributed by atoms with Gasteiger partial charge in [0.05, 0.1) is 6.21 Å². The first kappa shape index (κ1) is 10.6. The van der Waals surface area contributed by atoms with Crippen LogP contribution >= 0.6 is 0 Å². The lowest BCUT2D eigenvalue weighted by Gasteiger charge is -2.15. The molecule has 0 unspecified atom stereocenters. The molecule has 0 aromatic carbocycles. The first-order chi connectivity index (χ1) is 6.38. The molecule has 1 aliphatic heterocycles. The molecular formula is C11H21NO. The predicted octanol–water partition coefficient (Wildman–Crippen LogP) is 3.37. The zero-order valence-corrected chi connectivity index (χ0v) is 8.83. The van der Waals surface area contributed by atoms with Crippen LogP contribution in [0, 0.1) is 5.92 Å². The first-order valence-electron chi connectivity index (χ1n) is 5.57. The summed E-state index contributed by atoms with van der Waals surface area (Å²) in [7, 11) is 0. The SMILES string of the molecule is CCCC[C@H]1C=NO[C@@H]1CCCC. The summed E-state index contributed by atoms with van der Waals surface area (Å²) >= 11 is 0. The smallest absolute Gasteiger partial charge is 0.135 e. The van der Waals surface area contributed by atoms with E-state index in [9.17, 15) is 0 Å². The monoisotopic (exact) mass is 183 g/mol. The van der Waals surface area contributed by atoms with Crippen molar-refractivity contribution in [1.29, 1.82) is 0 Å². The van der Waals surface area contributed by atoms with E-state index in [-0.39, 0.29) is 0 Å². The molecule has 13 heavy (non-hydrogen) atoms. The van der Waals surface area contributed by atoms with E-state index < -0.39 is 0 Å². The third-order valence-corrected chi connectivity index (χ3v) is 2.66. The van der Waals surface area contributed by atoms with Crippen molar-refractivity contribution in [3.63, 3.8) is 0 Å². The van der Waals surface area contributed by atoms with Crippen molar-refractivity contribution in [3.05, 3.63) is 0 Å². The number of unbranched alkanes of at least 4 members (excludes halogenated alkanes) is 2. The molecule has 0 aliphatic carbocycles. The minimum absolute atomic E-state index is 0.381. The Hall–Kier alpha value is -0.530. The van der Waals surface area contributed by atoms with Gasteiger partial charge in [-0.05, 0) is 19.3 Å². The Kier molecular flexibility index (Phi) is 4.87. The van der Waals surface area contributed by atoms with Crippen molar-refractivity contribution >= 4 is 6.21 Å². The van der Waals surface area contributed by atoms with Gasteiger partial charge in [0, 0.05) is 5.92 Å². The van der Waals surface area contributed by atoms with Crippen LogP contribution < -0.4 is 0 Å². The molecule has 0 aromatic rings. The summed E-state index contributed by atoms with van der Waals surface area (Å²) < 4.78 is 0. The van der Waals surface area contributed by atoms with Gasteiger partial charge in [-0.15, -0.1) is 0 Å². The lowest BCUT2D eigenvalue weighted by atomic mass is 9.94. The lowest BCUT2D eigenvalue weighted by Crippen LogP contribution is -2.18. The second kappa shape index (κ2) is 6.01. The Balaban J connectivity index is 2.21. The molecule has 1 aliphatic rings. The van der Waals surface area contributed by atoms with Gasteiger partial charge >= 0.3 is 0 Å². The molecule has 2 atom stereocenters. The van der Waals surface area contributed by atoms with Crippen LogP contribution in [0.4, 0.5) is 0 Å². The van der Waals surface area contributed by atoms with Crippen LogP contribution in [0.25, 0.3) is 0 Å². The average molecular weight is 183 g/mol. The summed E-state index contributed by atoms with van der Waals surface area (Å²) in [6.45, 7) is 4.45. The minimum Gasteiger partial charge on any atom is -0.392 e. The normalized spacial score (nSPS) is 26.3. The quantitative estimate of drug-likeness (QED) is 0.618. The van der Waals surface area contributed by atoms with Crippen molar-refractivity contribution in [3.8, 4) is 0 Å². The van der Waals surface area contributed by atoms with Crippen LogP contribution in [0.3, 0.4) is 0 Å². The van der Waals surface area contributed by atoms with E-state index in [4.69, 9.17) is 4.84 Å². The predicted molar refractivity (Wildman–Crippen MR) is 55.9 cm³/mol. The zero-order valence-electron chi connectivity index (χ0n) is 8.83. The van der Waals surface area contributed by atoms with Crippen LogP contribution in [-0.4, -0.2) is 12.3 Å². The molecule has 2 heteroatoms. The van der Waals surface area contributed by atoms with Gasteiger partial charge in [0.2, 0.25) is 0 Å². The molecule has 0 N–H and O–H groups in total. The molecule has 1 heterocycles. The van der Waals surface area contributed by atoms with Gasteiger partial charge in [0.1, 0.15) is 6.10 Å². The summed E-state index contributed by atoms with van der Waals surface area (Å²) in [6, 6.07) is 0. The highest BCUT2D eigenvalue weighted by Gasteiger charge is 2.24. The molecule has 1 rings (SSSR count). The lowest BCUT2D eigenvalue weighted by molar-refractivity contribution is 0.0515. The fourth-order valence-corrected chi connectivity index (χ4v) is 1.74. The Morgan fingerprint density at radius 1 is 1.15 bits per heavy atom. The van der Waals surface area contributed by atoms with Crippen LogP contribution in [0.1, 0.15) is 52.4 Å². The first-order valence-corrected chi connectivity index (χ1v) is 5.57. The van der Waals surface area contributed by atoms with Crippen molar-refractivity contribution in [2.45, 2.75) is 58.5 Å². The van der Waals surface area contributed by atoms with Gasteiger partial charge in [0.15, 0.2) is 0 Å². The molecular weight excluding hydrogens is 162 g/mol. The number of hydrogen-bond donors (Lipinski definition) is 0. The van der Waals surface area contributed by atoms with Crippen molar-refractivity contribution in [2.75, 3.05) is 0 Å². The highest BCUT2D eigenvalue weighted by atomic mass is 16.6. The van der Waals surface area contributed by atoms with Crippen LogP contribution in [0.2, 0.25) is 0 Å². The maximum Gasteiger partial charge on any atom is 0.135 e. The van der Waals surface area contributed by atoms with E-state index in [2.05, 4.69) is 19.0 Å². The van der Waals surface area contributed by atoms with E-state index in [1.54, 1.807) is 0 Å². The summed E-state index contributed by atoms with van der Waals surface area (Å²) in [4.78, 5) is 5.33. The highest BCUT2D eigenvalue weighted by molar-refractivity contribution is 5.62. The number of oxime groups is 1. The second-order valence-corrected chi connectivity index (χ2v) is 3.85. The van der Waals surface area contributed by atoms with Crippen LogP contribution in [0.5, 0.6) is 0 Å². The summed E-state index contributed by atoms with van der Waals surface area (Å²) in [6.07, 6.45) is 9.87. The number of nitrogens with zero attached hydrogens (tertiary/aromatic N) is 1. The number of hydrogen-bond acceptors (Lipinski definition) is 2. The molecule has 0 radical (unpaired) electrons. The Morgan fingerprint density at radius 2 is 1.85 bits per heavy atom. The van der Waals surface area contributed by atoms with Gasteiger partial charge < -0.3 is 4.84 Å². The molecule has 0 amide bonds. The molecule has 76 valence electrons. The van der Waals surface area contributed by atoms with Crippen LogP contribution in [-0.2, 0) is 4.84 Å². The second-order valence-electron chi connectivity index (χ2n) is 3.85. The van der Waals surface area contributed by atoms with E-state index in [1.165, 1.54) is 38.5 Å². The third-order valence-electron chi connectivity index (χ3n) is 2.66. The van der Waals surface area contributed by atoms with E-state index >= 15 is 0 Å². The Bertz CT molecular complexity index is 156. The molecule has 0 bridgehead atoms. The minimum atomic E-state index is 0.381. The topological polar surface area (TPSA) is 21.6 Å². The molecule has 0 saturated heterocycles. The molecule has 2 nitrogen and oxygen atoms in total. The third kappa shape index (κ3) is 3.37. The molecule has 0 spiro atoms. The van der Waals surface area contributed by atoms with Crippen molar-refractivity contribution < 1.29 is 4.84 Å². The summed E-state index contributed by atoms with van der Waals surface area (Å²) in [5.41, 5.74) is 0.